The van der Waals surface area contributed by atoms with Gasteiger partial charge in [0.1, 0.15) is 29.1 Å². The van der Waals surface area contributed by atoms with Crippen LogP contribution in [0.5, 0.6) is 23.0 Å². The molecule has 2 aliphatic heterocycles. The number of halogens is 1. The van der Waals surface area contributed by atoms with E-state index in [9.17, 15) is 0 Å². The fourth-order valence-corrected chi connectivity index (χ4v) is 2.38. The molecule has 7 heteroatoms. The number of hydrogen-bond acceptors (Lipinski definition) is 6. The molecule has 6 nitrogen and oxygen atoms in total. The van der Waals surface area contributed by atoms with E-state index in [0.29, 0.717) is 23.0 Å². The zero-order valence-electron chi connectivity index (χ0n) is 9.77. The smallest absolute Gasteiger partial charge is 0.231 e. The van der Waals surface area contributed by atoms with E-state index in [1.807, 2.05) is 29.1 Å². The Morgan fingerprint density at radius 1 is 1.22 bits per heavy atom. The van der Waals surface area contributed by atoms with Crippen molar-refractivity contribution in [2.45, 2.75) is 12.4 Å². The number of epoxide rings is 1. The minimum absolute atomic E-state index is 0.156. The molecule has 2 unspecified atom stereocenters. The van der Waals surface area contributed by atoms with Gasteiger partial charge < -0.3 is 23.7 Å². The van der Waals surface area contributed by atoms with Gasteiger partial charge in [-0.15, -0.1) is 0 Å². The first-order valence-electron chi connectivity index (χ1n) is 5.27. The van der Waals surface area contributed by atoms with Crippen LogP contribution in [-0.2, 0) is 7.80 Å². The topological polar surface area (TPSA) is 58.7 Å². The monoisotopic (exact) mass is 366 g/mol. The van der Waals surface area contributed by atoms with Gasteiger partial charge in [-0.05, 0) is 6.07 Å². The van der Waals surface area contributed by atoms with Crippen molar-refractivity contribution in [3.63, 3.8) is 0 Å². The number of rotatable bonds is 4. The third-order valence-corrected chi connectivity index (χ3v) is 3.36. The molecule has 98 valence electrons. The molecule has 0 aromatic heterocycles. The van der Waals surface area contributed by atoms with Crippen LogP contribution in [0.3, 0.4) is 0 Å². The lowest BCUT2D eigenvalue weighted by molar-refractivity contribution is 0.168. The Bertz CT molecular complexity index is 477. The van der Waals surface area contributed by atoms with Crippen molar-refractivity contribution in [3.05, 3.63) is 11.6 Å². The molecule has 1 fully saturated rings. The van der Waals surface area contributed by atoms with Gasteiger partial charge in [-0.2, -0.15) is 0 Å². The molecule has 0 amide bonds. The normalized spacial score (nSPS) is 23.9. The molecule has 2 atom stereocenters. The molecule has 1 aromatic carbocycles. The van der Waals surface area contributed by atoms with Crippen molar-refractivity contribution in [2.75, 3.05) is 21.0 Å². The highest BCUT2D eigenvalue weighted by Gasteiger charge is 2.45. The maximum absolute atomic E-state index is 5.42. The summed E-state index contributed by atoms with van der Waals surface area (Å²) < 4.78 is 32.0. The van der Waals surface area contributed by atoms with Crippen LogP contribution in [0.2, 0.25) is 0 Å². The second kappa shape index (κ2) is 4.63. The Morgan fingerprint density at radius 3 is 2.61 bits per heavy atom. The number of benzene rings is 1. The molecule has 0 N–H and O–H groups in total. The van der Waals surface area contributed by atoms with Crippen molar-refractivity contribution in [2.24, 2.45) is 0 Å². The lowest BCUT2D eigenvalue weighted by atomic mass is 10.1. The van der Waals surface area contributed by atoms with Gasteiger partial charge in [0, 0.05) is 5.56 Å². The van der Waals surface area contributed by atoms with Gasteiger partial charge in [-0.3, -0.25) is 3.07 Å². The quantitative estimate of drug-likeness (QED) is 0.602. The van der Waals surface area contributed by atoms with Crippen LogP contribution in [0.25, 0.3) is 0 Å². The lowest BCUT2D eigenvalue weighted by Crippen LogP contribution is -1.97. The summed E-state index contributed by atoms with van der Waals surface area (Å²) in [6.45, 7) is 0.156. The molecule has 0 aliphatic carbocycles. The maximum Gasteiger partial charge on any atom is 0.231 e. The molecule has 1 aromatic rings. The predicted octanol–water partition coefficient (Wildman–Crippen LogP) is 2.20. The SMILES string of the molecule is COc1cc(C2OC2OI)c(OC)c2c1OCO2. The van der Waals surface area contributed by atoms with Gasteiger partial charge in [0.15, 0.2) is 17.8 Å². The van der Waals surface area contributed by atoms with Gasteiger partial charge in [0.25, 0.3) is 0 Å². The third kappa shape index (κ3) is 1.77. The first-order chi connectivity index (χ1) is 8.80. The zero-order valence-corrected chi connectivity index (χ0v) is 11.9. The van der Waals surface area contributed by atoms with E-state index < -0.39 is 0 Å². The van der Waals surface area contributed by atoms with E-state index in [1.54, 1.807) is 14.2 Å². The molecule has 3 rings (SSSR count). The second-order valence-corrected chi connectivity index (χ2v) is 4.29. The first-order valence-corrected chi connectivity index (χ1v) is 6.15. The van der Waals surface area contributed by atoms with Crippen LogP contribution in [-0.4, -0.2) is 27.3 Å². The highest BCUT2D eigenvalue weighted by molar-refractivity contribution is 14.1. The molecule has 0 radical (unpaired) electrons. The van der Waals surface area contributed by atoms with Crippen molar-refractivity contribution in [1.29, 1.82) is 0 Å². The minimum atomic E-state index is -0.260. The summed E-state index contributed by atoms with van der Waals surface area (Å²) >= 11 is 1.81. The largest absolute Gasteiger partial charge is 0.493 e. The standard InChI is InChI=1S/C11H11IO6/c1-13-6-3-5(8-11(17-8)18-12)7(14-2)10-9(6)15-4-16-10/h3,8,11H,4H2,1-2H3. The van der Waals surface area contributed by atoms with Gasteiger partial charge >= 0.3 is 0 Å². The Kier molecular flexibility index (Phi) is 3.12. The maximum atomic E-state index is 5.42. The highest BCUT2D eigenvalue weighted by atomic mass is 127. The molecule has 0 saturated carbocycles. The van der Waals surface area contributed by atoms with E-state index in [0.717, 1.165) is 5.56 Å². The Morgan fingerprint density at radius 2 is 2.00 bits per heavy atom. The number of methoxy groups -OCH3 is 2. The molecule has 0 bridgehead atoms. The molecule has 2 aliphatic rings. The van der Waals surface area contributed by atoms with Crippen LogP contribution >= 0.6 is 23.0 Å². The summed E-state index contributed by atoms with van der Waals surface area (Å²) in [5, 5.41) is 0. The van der Waals surface area contributed by atoms with Crippen LogP contribution < -0.4 is 18.9 Å². The van der Waals surface area contributed by atoms with Crippen LogP contribution in [0.4, 0.5) is 0 Å². The zero-order chi connectivity index (χ0) is 12.7. The summed E-state index contributed by atoms with van der Waals surface area (Å²) in [4.78, 5) is 0. The average molecular weight is 366 g/mol. The summed E-state index contributed by atoms with van der Waals surface area (Å²) in [6, 6.07) is 1.83. The van der Waals surface area contributed by atoms with E-state index in [1.165, 1.54) is 0 Å². The second-order valence-electron chi connectivity index (χ2n) is 3.78. The molecule has 2 heterocycles. The van der Waals surface area contributed by atoms with Crippen molar-refractivity contribution in [3.8, 4) is 23.0 Å². The molecular weight excluding hydrogens is 355 g/mol. The van der Waals surface area contributed by atoms with Gasteiger partial charge in [0.05, 0.1) is 14.2 Å². The molecule has 0 spiro atoms. The Hall–Kier alpha value is -0.930. The minimum Gasteiger partial charge on any atom is -0.493 e. The summed E-state index contributed by atoms with van der Waals surface area (Å²) in [7, 11) is 3.16. The van der Waals surface area contributed by atoms with Crippen LogP contribution in [0.15, 0.2) is 6.07 Å². The van der Waals surface area contributed by atoms with Gasteiger partial charge in [-0.25, -0.2) is 0 Å². The van der Waals surface area contributed by atoms with E-state index in [2.05, 4.69) is 0 Å². The molecule has 1 saturated heterocycles. The molecular formula is C11H11IO6. The average Bonchev–Trinajstić information content (AvgIpc) is 3.03. The van der Waals surface area contributed by atoms with Crippen LogP contribution in [0, 0.1) is 0 Å². The number of ether oxygens (including phenoxy) is 5. The first kappa shape index (κ1) is 12.1. The Labute approximate surface area is 118 Å². The van der Waals surface area contributed by atoms with Crippen molar-refractivity contribution < 1.29 is 26.8 Å². The van der Waals surface area contributed by atoms with E-state index >= 15 is 0 Å². The van der Waals surface area contributed by atoms with E-state index in [4.69, 9.17) is 26.8 Å². The number of fused-ring (bicyclic) bond motifs is 1. The third-order valence-electron chi connectivity index (χ3n) is 2.86. The van der Waals surface area contributed by atoms with Gasteiger partial charge in [0.2, 0.25) is 18.3 Å². The Balaban J connectivity index is 2.08. The number of hydrogen-bond donors (Lipinski definition) is 0. The lowest BCUT2D eigenvalue weighted by Gasteiger charge is -2.12. The summed E-state index contributed by atoms with van der Waals surface area (Å²) in [5.74, 6) is 2.31. The fraction of sp³-hybridized carbons (Fsp3) is 0.455. The predicted molar refractivity (Wildman–Crippen MR) is 68.4 cm³/mol. The van der Waals surface area contributed by atoms with Crippen LogP contribution in [0.1, 0.15) is 11.7 Å². The van der Waals surface area contributed by atoms with Gasteiger partial charge in [-0.1, -0.05) is 0 Å². The molecule has 18 heavy (non-hydrogen) atoms. The fourth-order valence-electron chi connectivity index (χ4n) is 1.99. The van der Waals surface area contributed by atoms with Crippen molar-refractivity contribution >= 4 is 23.0 Å². The van der Waals surface area contributed by atoms with E-state index in [-0.39, 0.29) is 19.2 Å². The van der Waals surface area contributed by atoms with Crippen molar-refractivity contribution in [1.82, 2.24) is 0 Å². The summed E-state index contributed by atoms with van der Waals surface area (Å²) in [6.07, 6.45) is -0.426. The summed E-state index contributed by atoms with van der Waals surface area (Å²) in [5.41, 5.74) is 0.834. The highest BCUT2D eigenvalue weighted by Crippen LogP contribution is 2.55.